The summed E-state index contributed by atoms with van der Waals surface area (Å²) in [6.45, 7) is 10.9. The summed E-state index contributed by atoms with van der Waals surface area (Å²) in [5.41, 5.74) is 0.342. The third-order valence-electron chi connectivity index (χ3n) is 1.56. The Bertz CT molecular complexity index is 249. The quantitative estimate of drug-likeness (QED) is 0.637. The van der Waals surface area contributed by atoms with Gasteiger partial charge in [0.25, 0.3) is 0 Å². The molecule has 3 nitrogen and oxygen atoms in total. The van der Waals surface area contributed by atoms with Crippen LogP contribution in [0.2, 0.25) is 0 Å². The minimum absolute atomic E-state index is 0.354. The molecule has 0 rings (SSSR count). The molecule has 0 aliphatic rings. The van der Waals surface area contributed by atoms with Gasteiger partial charge in [-0.1, -0.05) is 12.7 Å². The first-order valence-electron chi connectivity index (χ1n) is 4.54. The first-order valence-corrected chi connectivity index (χ1v) is 4.54. The van der Waals surface area contributed by atoms with Crippen molar-refractivity contribution in [3.8, 4) is 0 Å². The molecule has 0 aliphatic heterocycles. The molecule has 1 amide bonds. The Kier molecular flexibility index (Phi) is 4.41. The molecule has 0 aliphatic carbocycles. The van der Waals surface area contributed by atoms with Gasteiger partial charge in [-0.15, -0.1) is 0 Å². The fourth-order valence-electron chi connectivity index (χ4n) is 0.757. The highest BCUT2D eigenvalue weighted by atomic mass is 16.6. The smallest absolute Gasteiger partial charge is 0.414 e. The van der Waals surface area contributed by atoms with Crippen molar-refractivity contribution in [1.82, 2.24) is 4.90 Å². The van der Waals surface area contributed by atoms with Crippen molar-refractivity contribution >= 4 is 6.09 Å². The lowest BCUT2D eigenvalue weighted by Crippen LogP contribution is -2.33. The fraction of sp³-hybridized carbons (Fsp3) is 0.545. The molecule has 0 unspecified atom stereocenters. The van der Waals surface area contributed by atoms with Gasteiger partial charge in [0, 0.05) is 12.7 Å². The van der Waals surface area contributed by atoms with Gasteiger partial charge in [0.15, 0.2) is 0 Å². The Morgan fingerprint density at radius 3 is 2.29 bits per heavy atom. The van der Waals surface area contributed by atoms with Crippen LogP contribution >= 0.6 is 0 Å². The molecule has 0 saturated carbocycles. The van der Waals surface area contributed by atoms with Crippen LogP contribution in [0.15, 0.2) is 24.4 Å². The monoisotopic (exact) mass is 197 g/mol. The highest BCUT2D eigenvalue weighted by Gasteiger charge is 2.19. The van der Waals surface area contributed by atoms with E-state index < -0.39 is 5.60 Å². The van der Waals surface area contributed by atoms with E-state index in [4.69, 9.17) is 4.74 Å². The summed E-state index contributed by atoms with van der Waals surface area (Å²) in [4.78, 5) is 13.0. The highest BCUT2D eigenvalue weighted by molar-refractivity contribution is 5.69. The highest BCUT2D eigenvalue weighted by Crippen LogP contribution is 2.11. The Labute approximate surface area is 86.0 Å². The summed E-state index contributed by atoms with van der Waals surface area (Å²) >= 11 is 0. The maximum atomic E-state index is 11.5. The molecule has 0 radical (unpaired) electrons. The Morgan fingerprint density at radius 2 is 1.93 bits per heavy atom. The molecule has 0 aromatic rings. The lowest BCUT2D eigenvalue weighted by Gasteiger charge is -2.24. The van der Waals surface area contributed by atoms with Crippen LogP contribution in [0.3, 0.4) is 0 Å². The number of ether oxygens (including phenoxy) is 1. The third kappa shape index (κ3) is 4.70. The Morgan fingerprint density at radius 1 is 1.43 bits per heavy atom. The largest absolute Gasteiger partial charge is 0.443 e. The average Bonchev–Trinajstić information content (AvgIpc) is 2.00. The summed E-state index contributed by atoms with van der Waals surface area (Å²) in [5.74, 6) is 0. The summed E-state index contributed by atoms with van der Waals surface area (Å²) in [6.07, 6.45) is 3.04. The van der Waals surface area contributed by atoms with Gasteiger partial charge in [0.2, 0.25) is 0 Å². The molecule has 0 bridgehead atoms. The van der Waals surface area contributed by atoms with Gasteiger partial charge in [-0.3, -0.25) is 4.90 Å². The zero-order valence-corrected chi connectivity index (χ0v) is 9.63. The number of rotatable bonds is 2. The van der Waals surface area contributed by atoms with E-state index in [9.17, 15) is 4.79 Å². The maximum absolute atomic E-state index is 11.5. The number of carbonyl (C=O) groups excluding carboxylic acids is 1. The first kappa shape index (κ1) is 12.8. The van der Waals surface area contributed by atoms with Crippen LogP contribution in [0.4, 0.5) is 4.79 Å². The van der Waals surface area contributed by atoms with Gasteiger partial charge in [-0.2, -0.15) is 0 Å². The number of nitrogens with zero attached hydrogens (tertiary/aromatic N) is 1. The van der Waals surface area contributed by atoms with E-state index in [0.717, 1.165) is 5.70 Å². The average molecular weight is 197 g/mol. The van der Waals surface area contributed by atoms with E-state index in [1.807, 2.05) is 27.7 Å². The maximum Gasteiger partial charge on any atom is 0.414 e. The van der Waals surface area contributed by atoms with E-state index in [1.165, 1.54) is 4.90 Å². The molecule has 0 atom stereocenters. The van der Waals surface area contributed by atoms with Crippen molar-refractivity contribution in [1.29, 1.82) is 0 Å². The van der Waals surface area contributed by atoms with E-state index in [0.29, 0.717) is 0 Å². The van der Waals surface area contributed by atoms with Crippen molar-refractivity contribution in [3.05, 3.63) is 24.4 Å². The molecule has 80 valence electrons. The molecule has 3 heteroatoms. The summed E-state index contributed by atoms with van der Waals surface area (Å²) < 4.78 is 5.18. The van der Waals surface area contributed by atoms with Crippen LogP contribution in [0.5, 0.6) is 0 Å². The van der Waals surface area contributed by atoms with E-state index in [-0.39, 0.29) is 6.09 Å². The lowest BCUT2D eigenvalue weighted by molar-refractivity contribution is 0.0354. The zero-order chi connectivity index (χ0) is 11.4. The second-order valence-corrected chi connectivity index (χ2v) is 4.08. The zero-order valence-electron chi connectivity index (χ0n) is 9.63. The molecule has 0 aromatic heterocycles. The predicted octanol–water partition coefficient (Wildman–Crippen LogP) is 2.94. The SMILES string of the molecule is C=C/C=C(\C)N(C)C(=O)OC(C)(C)C. The van der Waals surface area contributed by atoms with Crippen molar-refractivity contribution in [2.45, 2.75) is 33.3 Å². The number of allylic oxidation sites excluding steroid dienone is 3. The number of hydrogen-bond acceptors (Lipinski definition) is 2. The molecular weight excluding hydrogens is 178 g/mol. The van der Waals surface area contributed by atoms with Gasteiger partial charge >= 0.3 is 6.09 Å². The molecular formula is C11H19NO2. The summed E-state index contributed by atoms with van der Waals surface area (Å²) in [5, 5.41) is 0. The lowest BCUT2D eigenvalue weighted by atomic mass is 10.2. The minimum Gasteiger partial charge on any atom is -0.443 e. The van der Waals surface area contributed by atoms with Crippen LogP contribution in [0, 0.1) is 0 Å². The topological polar surface area (TPSA) is 29.5 Å². The molecule has 0 fully saturated rings. The van der Waals surface area contributed by atoms with E-state index in [1.54, 1.807) is 19.2 Å². The van der Waals surface area contributed by atoms with Gasteiger partial charge in [0.1, 0.15) is 5.60 Å². The second kappa shape index (κ2) is 4.84. The third-order valence-corrected chi connectivity index (χ3v) is 1.56. The van der Waals surface area contributed by atoms with Crippen LogP contribution in [0.1, 0.15) is 27.7 Å². The number of hydrogen-bond donors (Lipinski definition) is 0. The van der Waals surface area contributed by atoms with Gasteiger partial charge in [-0.05, 0) is 33.8 Å². The minimum atomic E-state index is -0.459. The van der Waals surface area contributed by atoms with Crippen LogP contribution in [-0.4, -0.2) is 23.6 Å². The Balaban J connectivity index is 4.41. The standard InChI is InChI=1S/C11H19NO2/c1-7-8-9(2)12(6)10(13)14-11(3,4)5/h7-8H,1H2,2-6H3/b9-8+. The van der Waals surface area contributed by atoms with Crippen molar-refractivity contribution in [2.75, 3.05) is 7.05 Å². The molecule has 0 N–H and O–H groups in total. The van der Waals surface area contributed by atoms with Gasteiger partial charge < -0.3 is 4.74 Å². The molecule has 0 spiro atoms. The number of amides is 1. The van der Waals surface area contributed by atoms with E-state index >= 15 is 0 Å². The summed E-state index contributed by atoms with van der Waals surface area (Å²) in [6, 6.07) is 0. The number of carbonyl (C=O) groups is 1. The van der Waals surface area contributed by atoms with Crippen LogP contribution < -0.4 is 0 Å². The van der Waals surface area contributed by atoms with Gasteiger partial charge in [0.05, 0.1) is 0 Å². The normalized spacial score (nSPS) is 12.2. The predicted molar refractivity (Wildman–Crippen MR) is 58.0 cm³/mol. The molecule has 0 aromatic carbocycles. The summed E-state index contributed by atoms with van der Waals surface area (Å²) in [7, 11) is 1.67. The van der Waals surface area contributed by atoms with Crippen molar-refractivity contribution in [2.24, 2.45) is 0 Å². The van der Waals surface area contributed by atoms with Crippen molar-refractivity contribution in [3.63, 3.8) is 0 Å². The van der Waals surface area contributed by atoms with Crippen LogP contribution in [0.25, 0.3) is 0 Å². The van der Waals surface area contributed by atoms with Crippen molar-refractivity contribution < 1.29 is 9.53 Å². The fourth-order valence-corrected chi connectivity index (χ4v) is 0.757. The Hall–Kier alpha value is -1.25. The molecule has 14 heavy (non-hydrogen) atoms. The van der Waals surface area contributed by atoms with Crippen LogP contribution in [-0.2, 0) is 4.74 Å². The van der Waals surface area contributed by atoms with E-state index in [2.05, 4.69) is 6.58 Å². The van der Waals surface area contributed by atoms with Gasteiger partial charge in [-0.25, -0.2) is 4.79 Å². The molecule has 0 heterocycles. The first-order chi connectivity index (χ1) is 6.28. The second-order valence-electron chi connectivity index (χ2n) is 4.08. The molecule has 0 saturated heterocycles.